The van der Waals surface area contributed by atoms with E-state index in [1.54, 1.807) is 0 Å². The third-order valence-electron chi connectivity index (χ3n) is 8.85. The molecule has 5 rings (SSSR count). The van der Waals surface area contributed by atoms with Crippen molar-refractivity contribution in [1.29, 1.82) is 0 Å². The van der Waals surface area contributed by atoms with E-state index in [-0.39, 0.29) is 17.9 Å². The van der Waals surface area contributed by atoms with E-state index in [1.807, 2.05) is 39.1 Å². The minimum absolute atomic E-state index is 0.0131. The van der Waals surface area contributed by atoms with Crippen LogP contribution < -0.4 is 10.2 Å². The number of hydrogen-bond acceptors (Lipinski definition) is 4. The van der Waals surface area contributed by atoms with Crippen molar-refractivity contribution in [3.8, 4) is 0 Å². The van der Waals surface area contributed by atoms with Crippen molar-refractivity contribution in [2.75, 3.05) is 18.0 Å². The molecular weight excluding hydrogens is 522 g/mol. The number of amides is 1. The van der Waals surface area contributed by atoms with Gasteiger partial charge in [-0.1, -0.05) is 56.4 Å². The molecule has 1 amide bonds. The highest BCUT2D eigenvalue weighted by atomic mass is 16.6. The van der Waals surface area contributed by atoms with Gasteiger partial charge in [0.15, 0.2) is 0 Å². The highest BCUT2D eigenvalue weighted by Gasteiger charge is 2.26. The van der Waals surface area contributed by atoms with Crippen molar-refractivity contribution in [3.05, 3.63) is 65.4 Å². The van der Waals surface area contributed by atoms with Gasteiger partial charge in [0, 0.05) is 42.3 Å². The Bertz CT molecular complexity index is 1340. The Morgan fingerprint density at radius 3 is 2.50 bits per heavy atom. The van der Waals surface area contributed by atoms with E-state index in [0.29, 0.717) is 25.2 Å². The summed E-state index contributed by atoms with van der Waals surface area (Å²) in [6.45, 7) is 7.85. The molecule has 1 aliphatic carbocycles. The summed E-state index contributed by atoms with van der Waals surface area (Å²) in [7, 11) is 0. The van der Waals surface area contributed by atoms with Gasteiger partial charge in [-0.2, -0.15) is 0 Å². The maximum absolute atomic E-state index is 13.6. The molecule has 0 radical (unpaired) electrons. The number of aromatic nitrogens is 1. The topological polar surface area (TPSA) is 74.4 Å². The number of nitrogens with zero attached hydrogens (tertiary/aromatic N) is 1. The summed E-state index contributed by atoms with van der Waals surface area (Å²) in [5, 5.41) is 4.56. The molecule has 6 heteroatoms. The van der Waals surface area contributed by atoms with Crippen molar-refractivity contribution >= 4 is 28.5 Å². The number of benzene rings is 2. The van der Waals surface area contributed by atoms with E-state index in [9.17, 15) is 9.59 Å². The first-order chi connectivity index (χ1) is 20.2. The zero-order chi connectivity index (χ0) is 29.5. The molecule has 0 spiro atoms. The second-order valence-electron chi connectivity index (χ2n) is 13.4. The van der Waals surface area contributed by atoms with Crippen LogP contribution in [0.5, 0.6) is 0 Å². The SMILES string of the molecule is CC(C)(C)OC(=O)CCc1c[nH]c2ccc(CC(=O)NC(CC3CCCCC3)c3ccccc3N3CCCCC3)cc12. The number of aromatic amines is 1. The second-order valence-corrected chi connectivity index (χ2v) is 13.4. The lowest BCUT2D eigenvalue weighted by molar-refractivity contribution is -0.154. The normalized spacial score (nSPS) is 17.3. The fourth-order valence-electron chi connectivity index (χ4n) is 6.83. The molecule has 1 saturated heterocycles. The summed E-state index contributed by atoms with van der Waals surface area (Å²) in [5.74, 6) is 0.526. The van der Waals surface area contributed by atoms with Gasteiger partial charge in [-0.25, -0.2) is 0 Å². The second kappa shape index (κ2) is 13.8. The smallest absolute Gasteiger partial charge is 0.306 e. The van der Waals surface area contributed by atoms with Crippen LogP contribution in [0.25, 0.3) is 10.9 Å². The van der Waals surface area contributed by atoms with E-state index in [0.717, 1.165) is 41.5 Å². The molecule has 1 aliphatic heterocycles. The number of anilines is 1. The standard InChI is InChI=1S/C36H49N3O3/c1-36(2,3)42-35(41)19-17-28-25-37-31-18-16-27(22-30(28)31)24-34(40)38-32(23-26-12-6-4-7-13-26)29-14-8-9-15-33(29)39-20-10-5-11-21-39/h8-9,14-16,18,22,25-26,32,37H,4-7,10-13,17,19-21,23-24H2,1-3H3,(H,38,40). The number of aryl methyl sites for hydroxylation is 1. The van der Waals surface area contributed by atoms with E-state index in [1.165, 1.54) is 62.6 Å². The van der Waals surface area contributed by atoms with Gasteiger partial charge in [-0.05, 0) is 93.7 Å². The first kappa shape index (κ1) is 30.2. The van der Waals surface area contributed by atoms with Crippen LogP contribution >= 0.6 is 0 Å². The summed E-state index contributed by atoms with van der Waals surface area (Å²) >= 11 is 0. The highest BCUT2D eigenvalue weighted by molar-refractivity contribution is 5.86. The number of rotatable bonds is 10. The van der Waals surface area contributed by atoms with Gasteiger partial charge in [0.1, 0.15) is 5.60 Å². The predicted octanol–water partition coefficient (Wildman–Crippen LogP) is 7.80. The number of carbonyl (C=O) groups excluding carboxylic acids is 2. The lowest BCUT2D eigenvalue weighted by atomic mass is 9.83. The summed E-state index contributed by atoms with van der Waals surface area (Å²) in [6.07, 6.45) is 14.4. The Morgan fingerprint density at radius 2 is 1.74 bits per heavy atom. The minimum atomic E-state index is -0.485. The van der Waals surface area contributed by atoms with Crippen LogP contribution in [-0.4, -0.2) is 35.6 Å². The first-order valence-corrected chi connectivity index (χ1v) is 16.2. The summed E-state index contributed by atoms with van der Waals surface area (Å²) < 4.78 is 5.49. The van der Waals surface area contributed by atoms with Crippen LogP contribution in [0.2, 0.25) is 0 Å². The average Bonchev–Trinajstić information content (AvgIpc) is 3.38. The maximum atomic E-state index is 13.6. The fourth-order valence-corrected chi connectivity index (χ4v) is 6.83. The Morgan fingerprint density at radius 1 is 1.00 bits per heavy atom. The van der Waals surface area contributed by atoms with Gasteiger partial charge < -0.3 is 19.9 Å². The number of ether oxygens (including phenoxy) is 1. The van der Waals surface area contributed by atoms with Crippen LogP contribution in [0.3, 0.4) is 0 Å². The monoisotopic (exact) mass is 571 g/mol. The van der Waals surface area contributed by atoms with Crippen molar-refractivity contribution in [2.24, 2.45) is 5.92 Å². The lowest BCUT2D eigenvalue weighted by Crippen LogP contribution is -2.35. The van der Waals surface area contributed by atoms with Crippen molar-refractivity contribution in [2.45, 2.75) is 109 Å². The largest absolute Gasteiger partial charge is 0.460 e. The van der Waals surface area contributed by atoms with Gasteiger partial charge in [0.2, 0.25) is 5.91 Å². The Hall–Kier alpha value is -3.28. The molecule has 226 valence electrons. The van der Waals surface area contributed by atoms with Gasteiger partial charge in [-0.3, -0.25) is 9.59 Å². The number of carbonyl (C=O) groups is 2. The van der Waals surface area contributed by atoms with E-state index < -0.39 is 5.60 Å². The van der Waals surface area contributed by atoms with Crippen LogP contribution in [0.1, 0.15) is 108 Å². The van der Waals surface area contributed by atoms with Crippen LogP contribution in [0, 0.1) is 5.92 Å². The van der Waals surface area contributed by atoms with Crippen LogP contribution in [-0.2, 0) is 27.2 Å². The number of fused-ring (bicyclic) bond motifs is 1. The molecule has 1 aromatic heterocycles. The molecule has 3 aromatic rings. The van der Waals surface area contributed by atoms with Crippen molar-refractivity contribution < 1.29 is 14.3 Å². The van der Waals surface area contributed by atoms with Gasteiger partial charge in [-0.15, -0.1) is 0 Å². The average molecular weight is 572 g/mol. The molecule has 1 unspecified atom stereocenters. The van der Waals surface area contributed by atoms with Crippen molar-refractivity contribution in [1.82, 2.24) is 10.3 Å². The quantitative estimate of drug-likeness (QED) is 0.244. The van der Waals surface area contributed by atoms with Gasteiger partial charge in [0.25, 0.3) is 0 Å². The van der Waals surface area contributed by atoms with Crippen LogP contribution in [0.15, 0.2) is 48.7 Å². The lowest BCUT2D eigenvalue weighted by Gasteiger charge is -2.34. The molecule has 2 N–H and O–H groups in total. The molecular formula is C36H49N3O3. The molecule has 6 nitrogen and oxygen atoms in total. The van der Waals surface area contributed by atoms with Crippen LogP contribution in [0.4, 0.5) is 5.69 Å². The predicted molar refractivity (Wildman–Crippen MR) is 171 cm³/mol. The molecule has 2 aliphatic rings. The number of nitrogens with one attached hydrogen (secondary N) is 2. The number of esters is 1. The number of para-hydroxylation sites is 1. The summed E-state index contributed by atoms with van der Waals surface area (Å²) in [6, 6.07) is 14.9. The Balaban J connectivity index is 1.30. The minimum Gasteiger partial charge on any atom is -0.460 e. The summed E-state index contributed by atoms with van der Waals surface area (Å²) in [5.41, 5.74) is 5.15. The van der Waals surface area contributed by atoms with E-state index in [4.69, 9.17) is 4.74 Å². The molecule has 1 atom stereocenters. The third-order valence-corrected chi connectivity index (χ3v) is 8.85. The Kier molecular flexibility index (Phi) is 9.91. The molecule has 2 heterocycles. The van der Waals surface area contributed by atoms with Gasteiger partial charge >= 0.3 is 5.97 Å². The van der Waals surface area contributed by atoms with E-state index in [2.05, 4.69) is 45.5 Å². The molecule has 2 aromatic carbocycles. The molecule has 42 heavy (non-hydrogen) atoms. The number of hydrogen-bond donors (Lipinski definition) is 2. The maximum Gasteiger partial charge on any atom is 0.306 e. The van der Waals surface area contributed by atoms with Crippen molar-refractivity contribution in [3.63, 3.8) is 0 Å². The molecule has 0 bridgehead atoms. The molecule has 1 saturated carbocycles. The third kappa shape index (κ3) is 8.17. The van der Waals surface area contributed by atoms with E-state index >= 15 is 0 Å². The highest BCUT2D eigenvalue weighted by Crippen LogP contribution is 2.36. The van der Waals surface area contributed by atoms with Gasteiger partial charge in [0.05, 0.1) is 12.5 Å². The zero-order valence-electron chi connectivity index (χ0n) is 25.8. The fraction of sp³-hybridized carbons (Fsp3) is 0.556. The Labute approximate surface area is 251 Å². The number of piperidine rings is 1. The zero-order valence-corrected chi connectivity index (χ0v) is 25.8. The molecule has 2 fully saturated rings. The summed E-state index contributed by atoms with van der Waals surface area (Å²) in [4.78, 5) is 31.8. The first-order valence-electron chi connectivity index (χ1n) is 16.2. The number of H-pyrrole nitrogens is 1.